The Morgan fingerprint density at radius 1 is 0.909 bits per heavy atom. The molecule has 108 valence electrons. The summed E-state index contributed by atoms with van der Waals surface area (Å²) < 4.78 is 0.926. The van der Waals surface area contributed by atoms with Crippen molar-refractivity contribution in [3.05, 3.63) is 88.8 Å². The maximum absolute atomic E-state index is 4.49. The number of pyridine rings is 2. The number of nitrogens with one attached hydrogen (secondary N) is 1. The number of benzene rings is 1. The summed E-state index contributed by atoms with van der Waals surface area (Å²) in [5.41, 5.74) is 5.55. The third-order valence-corrected chi connectivity index (χ3v) is 3.43. The van der Waals surface area contributed by atoms with Crippen LogP contribution in [0.15, 0.2) is 82.6 Å². The van der Waals surface area contributed by atoms with Gasteiger partial charge in [0.05, 0.1) is 5.69 Å². The van der Waals surface area contributed by atoms with E-state index in [4.69, 9.17) is 0 Å². The van der Waals surface area contributed by atoms with Crippen LogP contribution in [-0.4, -0.2) is 15.7 Å². The van der Waals surface area contributed by atoms with Crippen molar-refractivity contribution < 1.29 is 0 Å². The van der Waals surface area contributed by atoms with Gasteiger partial charge in [0, 0.05) is 22.4 Å². The van der Waals surface area contributed by atoms with Crippen LogP contribution < -0.4 is 5.43 Å². The number of aromatic nitrogens is 2. The molecule has 0 aliphatic rings. The van der Waals surface area contributed by atoms with E-state index in [1.54, 1.807) is 12.4 Å². The van der Waals surface area contributed by atoms with E-state index in [-0.39, 0.29) is 0 Å². The molecular formula is C17H13BrN4. The van der Waals surface area contributed by atoms with Gasteiger partial charge in [-0.05, 0) is 40.2 Å². The summed E-state index contributed by atoms with van der Waals surface area (Å²) in [6.45, 7) is 0. The van der Waals surface area contributed by atoms with Crippen LogP contribution >= 0.6 is 15.9 Å². The quantitative estimate of drug-likeness (QED) is 0.567. The lowest BCUT2D eigenvalue weighted by molar-refractivity contribution is 1.20. The fraction of sp³-hybridized carbons (Fsp3) is 0. The highest BCUT2D eigenvalue weighted by Gasteiger charge is 2.07. The smallest absolute Gasteiger partial charge is 0.146 e. The minimum absolute atomic E-state index is 0.674. The first-order valence-electron chi connectivity index (χ1n) is 6.75. The Labute approximate surface area is 137 Å². The van der Waals surface area contributed by atoms with Crippen molar-refractivity contribution in [3.63, 3.8) is 0 Å². The molecule has 0 saturated carbocycles. The van der Waals surface area contributed by atoms with Gasteiger partial charge in [0.15, 0.2) is 0 Å². The predicted octanol–water partition coefficient (Wildman–Crippen LogP) is 4.10. The van der Waals surface area contributed by atoms with E-state index in [2.05, 4.69) is 36.4 Å². The van der Waals surface area contributed by atoms with Crippen molar-refractivity contribution in [2.75, 3.05) is 5.43 Å². The molecule has 22 heavy (non-hydrogen) atoms. The fourth-order valence-corrected chi connectivity index (χ4v) is 2.16. The molecule has 0 amide bonds. The van der Waals surface area contributed by atoms with Crippen molar-refractivity contribution in [3.8, 4) is 0 Å². The van der Waals surface area contributed by atoms with Crippen molar-refractivity contribution in [1.29, 1.82) is 0 Å². The maximum atomic E-state index is 4.49. The Bertz CT molecular complexity index is 714. The lowest BCUT2D eigenvalue weighted by atomic mass is 10.1. The standard InChI is InChI=1S/C17H13BrN4/c18-14-9-10-16(20-12-14)21-22-17(13-6-2-1-3-7-13)15-8-4-5-11-19-15/h1-12H,(H,20,21)/b22-17-. The summed E-state index contributed by atoms with van der Waals surface area (Å²) in [5, 5.41) is 4.49. The maximum Gasteiger partial charge on any atom is 0.146 e. The summed E-state index contributed by atoms with van der Waals surface area (Å²) >= 11 is 3.36. The molecule has 0 unspecified atom stereocenters. The van der Waals surface area contributed by atoms with Crippen LogP contribution in [-0.2, 0) is 0 Å². The Hall–Kier alpha value is -2.53. The molecule has 1 N–H and O–H groups in total. The molecule has 5 heteroatoms. The van der Waals surface area contributed by atoms with Gasteiger partial charge in [0.2, 0.25) is 0 Å². The average molecular weight is 353 g/mol. The van der Waals surface area contributed by atoms with E-state index < -0.39 is 0 Å². The number of hydrogen-bond acceptors (Lipinski definition) is 4. The summed E-state index contributed by atoms with van der Waals surface area (Å²) in [7, 11) is 0. The SMILES string of the molecule is Brc1ccc(N/N=C(/c2ccccc2)c2ccccn2)nc1. The highest BCUT2D eigenvalue weighted by molar-refractivity contribution is 9.10. The fourth-order valence-electron chi connectivity index (χ4n) is 1.92. The number of hydrogen-bond donors (Lipinski definition) is 1. The molecule has 0 fully saturated rings. The molecular weight excluding hydrogens is 340 g/mol. The molecule has 0 spiro atoms. The van der Waals surface area contributed by atoms with Gasteiger partial charge in [-0.2, -0.15) is 5.10 Å². The largest absolute Gasteiger partial charge is 0.261 e. The van der Waals surface area contributed by atoms with Crippen LogP contribution in [0.4, 0.5) is 5.82 Å². The second kappa shape index (κ2) is 6.95. The van der Waals surface area contributed by atoms with Gasteiger partial charge in [-0.15, -0.1) is 0 Å². The first kappa shape index (κ1) is 14.4. The molecule has 2 heterocycles. The lowest BCUT2D eigenvalue weighted by Crippen LogP contribution is -2.08. The van der Waals surface area contributed by atoms with Crippen LogP contribution in [0.2, 0.25) is 0 Å². The molecule has 0 aliphatic carbocycles. The minimum atomic E-state index is 0.674. The topological polar surface area (TPSA) is 50.2 Å². The Morgan fingerprint density at radius 3 is 2.41 bits per heavy atom. The molecule has 0 radical (unpaired) electrons. The molecule has 0 bridgehead atoms. The highest BCUT2D eigenvalue weighted by atomic mass is 79.9. The summed E-state index contributed by atoms with van der Waals surface area (Å²) in [4.78, 5) is 8.64. The number of nitrogens with zero attached hydrogens (tertiary/aromatic N) is 3. The minimum Gasteiger partial charge on any atom is -0.261 e. The van der Waals surface area contributed by atoms with Gasteiger partial charge in [-0.1, -0.05) is 36.4 Å². The van der Waals surface area contributed by atoms with Gasteiger partial charge in [-0.25, -0.2) is 4.98 Å². The number of halogens is 1. The van der Waals surface area contributed by atoms with Gasteiger partial charge in [0.25, 0.3) is 0 Å². The highest BCUT2D eigenvalue weighted by Crippen LogP contribution is 2.12. The second-order valence-electron chi connectivity index (χ2n) is 4.51. The van der Waals surface area contributed by atoms with Crippen molar-refractivity contribution in [2.45, 2.75) is 0 Å². The molecule has 3 rings (SSSR count). The molecule has 2 aromatic heterocycles. The van der Waals surface area contributed by atoms with E-state index in [1.807, 2.05) is 60.7 Å². The number of anilines is 1. The van der Waals surface area contributed by atoms with Gasteiger partial charge < -0.3 is 0 Å². The molecule has 0 aliphatic heterocycles. The van der Waals surface area contributed by atoms with Crippen molar-refractivity contribution in [1.82, 2.24) is 9.97 Å². The van der Waals surface area contributed by atoms with E-state index in [1.165, 1.54) is 0 Å². The Balaban J connectivity index is 1.95. The van der Waals surface area contributed by atoms with Crippen LogP contribution in [0.3, 0.4) is 0 Å². The summed E-state index contributed by atoms with van der Waals surface area (Å²) in [6.07, 6.45) is 3.48. The van der Waals surface area contributed by atoms with E-state index in [0.29, 0.717) is 5.82 Å². The van der Waals surface area contributed by atoms with Crippen molar-refractivity contribution in [2.24, 2.45) is 5.10 Å². The number of rotatable bonds is 4. The molecule has 0 saturated heterocycles. The van der Waals surface area contributed by atoms with Crippen LogP contribution in [0, 0.1) is 0 Å². The van der Waals surface area contributed by atoms with Crippen LogP contribution in [0.1, 0.15) is 11.3 Å². The number of hydrazone groups is 1. The van der Waals surface area contributed by atoms with Gasteiger partial charge >= 0.3 is 0 Å². The van der Waals surface area contributed by atoms with E-state index in [0.717, 1.165) is 21.4 Å². The first-order valence-corrected chi connectivity index (χ1v) is 7.54. The predicted molar refractivity (Wildman–Crippen MR) is 91.9 cm³/mol. The zero-order chi connectivity index (χ0) is 15.2. The first-order chi connectivity index (χ1) is 10.8. The molecule has 3 aromatic rings. The summed E-state index contributed by atoms with van der Waals surface area (Å²) in [5.74, 6) is 0.674. The van der Waals surface area contributed by atoms with Crippen molar-refractivity contribution >= 4 is 27.5 Å². The lowest BCUT2D eigenvalue weighted by Gasteiger charge is -2.07. The third kappa shape index (κ3) is 3.56. The monoisotopic (exact) mass is 352 g/mol. The third-order valence-electron chi connectivity index (χ3n) is 2.96. The summed E-state index contributed by atoms with van der Waals surface area (Å²) in [6, 6.07) is 19.5. The van der Waals surface area contributed by atoms with Gasteiger partial charge in [0.1, 0.15) is 11.5 Å². The van der Waals surface area contributed by atoms with Crippen LogP contribution in [0.25, 0.3) is 0 Å². The molecule has 1 aromatic carbocycles. The van der Waals surface area contributed by atoms with E-state index >= 15 is 0 Å². The average Bonchev–Trinajstić information content (AvgIpc) is 2.59. The molecule has 0 atom stereocenters. The zero-order valence-corrected chi connectivity index (χ0v) is 13.2. The normalized spacial score (nSPS) is 11.2. The van der Waals surface area contributed by atoms with Gasteiger partial charge in [-0.3, -0.25) is 10.4 Å². The van der Waals surface area contributed by atoms with E-state index in [9.17, 15) is 0 Å². The second-order valence-corrected chi connectivity index (χ2v) is 5.43. The zero-order valence-electron chi connectivity index (χ0n) is 11.6. The Kier molecular flexibility index (Phi) is 4.56. The van der Waals surface area contributed by atoms with Crippen LogP contribution in [0.5, 0.6) is 0 Å². The Morgan fingerprint density at radius 2 is 1.73 bits per heavy atom. The molecule has 4 nitrogen and oxygen atoms in total.